The van der Waals surface area contributed by atoms with Crippen molar-refractivity contribution in [3.8, 4) is 0 Å². The van der Waals surface area contributed by atoms with Crippen LogP contribution in [0.5, 0.6) is 0 Å². The molecule has 1 fully saturated rings. The van der Waals surface area contributed by atoms with E-state index < -0.39 is 0 Å². The summed E-state index contributed by atoms with van der Waals surface area (Å²) in [7, 11) is 0. The third kappa shape index (κ3) is 3.85. The van der Waals surface area contributed by atoms with Gasteiger partial charge in [0.05, 0.1) is 5.69 Å². The van der Waals surface area contributed by atoms with Gasteiger partial charge in [-0.2, -0.15) is 0 Å². The molecule has 1 amide bonds. The summed E-state index contributed by atoms with van der Waals surface area (Å²) in [6, 6.07) is 6.21. The Balaban J connectivity index is 2.08. The third-order valence-electron chi connectivity index (χ3n) is 4.07. The van der Waals surface area contributed by atoms with Gasteiger partial charge in [0.15, 0.2) is 0 Å². The fraction of sp³-hybridized carbons (Fsp3) is 0.588. The Morgan fingerprint density at radius 3 is 2.40 bits per heavy atom. The first-order valence-corrected chi connectivity index (χ1v) is 8.28. The van der Waals surface area contributed by atoms with Crippen LogP contribution in [-0.2, 0) is 10.2 Å². The van der Waals surface area contributed by atoms with Crippen molar-refractivity contribution in [1.82, 2.24) is 0 Å². The van der Waals surface area contributed by atoms with Crippen LogP contribution in [-0.4, -0.2) is 5.91 Å². The molecule has 0 bridgehead atoms. The lowest BCUT2D eigenvalue weighted by atomic mass is 9.87. The minimum atomic E-state index is 0.119. The Morgan fingerprint density at radius 2 is 1.85 bits per heavy atom. The average molecular weight is 338 g/mol. The van der Waals surface area contributed by atoms with Crippen LogP contribution in [0.15, 0.2) is 22.7 Å². The highest BCUT2D eigenvalue weighted by Gasteiger charge is 2.22. The summed E-state index contributed by atoms with van der Waals surface area (Å²) >= 11 is 3.58. The van der Waals surface area contributed by atoms with E-state index in [1.54, 1.807) is 0 Å². The van der Waals surface area contributed by atoms with E-state index >= 15 is 0 Å². The number of halogens is 1. The van der Waals surface area contributed by atoms with Gasteiger partial charge in [0, 0.05) is 10.4 Å². The summed E-state index contributed by atoms with van der Waals surface area (Å²) in [6.45, 7) is 6.57. The molecular formula is C17H24BrNO. The van der Waals surface area contributed by atoms with Crippen LogP contribution < -0.4 is 5.32 Å². The SMILES string of the molecule is CC(C)(C)c1ccc(NC(=O)C2CCCCC2)c(Br)c1. The van der Waals surface area contributed by atoms with Crippen LogP contribution in [0, 0.1) is 5.92 Å². The number of nitrogens with one attached hydrogen (secondary N) is 1. The number of hydrogen-bond donors (Lipinski definition) is 1. The maximum absolute atomic E-state index is 12.3. The van der Waals surface area contributed by atoms with Crippen LogP contribution in [0.4, 0.5) is 5.69 Å². The molecule has 1 saturated carbocycles. The predicted molar refractivity (Wildman–Crippen MR) is 88.0 cm³/mol. The fourth-order valence-corrected chi connectivity index (χ4v) is 3.16. The number of anilines is 1. The third-order valence-corrected chi connectivity index (χ3v) is 4.73. The highest BCUT2D eigenvalue weighted by Crippen LogP contribution is 2.31. The standard InChI is InChI=1S/C17H24BrNO/c1-17(2,3)13-9-10-15(14(18)11-13)19-16(20)12-7-5-4-6-8-12/h9-12H,4-8H2,1-3H3,(H,19,20). The van der Waals surface area contributed by atoms with Gasteiger partial charge in [-0.25, -0.2) is 0 Å². The number of amides is 1. The largest absolute Gasteiger partial charge is 0.325 e. The summed E-state index contributed by atoms with van der Waals surface area (Å²) in [5.74, 6) is 0.367. The zero-order valence-electron chi connectivity index (χ0n) is 12.6. The van der Waals surface area contributed by atoms with E-state index in [1.807, 2.05) is 6.07 Å². The molecule has 1 N–H and O–H groups in total. The summed E-state index contributed by atoms with van der Waals surface area (Å²) in [6.07, 6.45) is 5.70. The molecule has 0 heterocycles. The number of carbonyl (C=O) groups is 1. The Kier molecular flexibility index (Phi) is 4.90. The molecule has 0 saturated heterocycles. The lowest BCUT2D eigenvalue weighted by Gasteiger charge is -2.22. The van der Waals surface area contributed by atoms with Crippen molar-refractivity contribution in [2.75, 3.05) is 5.32 Å². The van der Waals surface area contributed by atoms with Crippen molar-refractivity contribution in [3.05, 3.63) is 28.2 Å². The molecule has 0 unspecified atom stereocenters. The van der Waals surface area contributed by atoms with Gasteiger partial charge < -0.3 is 5.32 Å². The van der Waals surface area contributed by atoms with Gasteiger partial charge in [-0.1, -0.05) is 46.1 Å². The average Bonchev–Trinajstić information content (AvgIpc) is 2.41. The fourth-order valence-electron chi connectivity index (χ4n) is 2.68. The van der Waals surface area contributed by atoms with Crippen molar-refractivity contribution < 1.29 is 4.79 Å². The Bertz CT molecular complexity index is 484. The van der Waals surface area contributed by atoms with Crippen LogP contribution in [0.3, 0.4) is 0 Å². The molecule has 3 heteroatoms. The smallest absolute Gasteiger partial charge is 0.227 e. The van der Waals surface area contributed by atoms with Crippen molar-refractivity contribution >= 4 is 27.5 Å². The number of carbonyl (C=O) groups excluding carboxylic acids is 1. The van der Waals surface area contributed by atoms with Crippen LogP contribution in [0.25, 0.3) is 0 Å². The second-order valence-electron chi connectivity index (χ2n) is 6.77. The molecule has 0 radical (unpaired) electrons. The zero-order valence-corrected chi connectivity index (χ0v) is 14.2. The minimum Gasteiger partial charge on any atom is -0.325 e. The molecule has 0 aliphatic heterocycles. The quantitative estimate of drug-likeness (QED) is 0.782. The summed E-state index contributed by atoms with van der Waals surface area (Å²) in [4.78, 5) is 12.3. The Hall–Kier alpha value is -0.830. The lowest BCUT2D eigenvalue weighted by molar-refractivity contribution is -0.120. The first-order chi connectivity index (χ1) is 9.38. The van der Waals surface area contributed by atoms with Gasteiger partial charge in [-0.3, -0.25) is 4.79 Å². The van der Waals surface area contributed by atoms with Crippen LogP contribution in [0.1, 0.15) is 58.4 Å². The first-order valence-electron chi connectivity index (χ1n) is 7.49. The van der Waals surface area contributed by atoms with Gasteiger partial charge >= 0.3 is 0 Å². The van der Waals surface area contributed by atoms with E-state index in [9.17, 15) is 4.79 Å². The van der Waals surface area contributed by atoms with E-state index in [0.29, 0.717) is 0 Å². The lowest BCUT2D eigenvalue weighted by Crippen LogP contribution is -2.25. The Morgan fingerprint density at radius 1 is 1.20 bits per heavy atom. The molecule has 1 aromatic carbocycles. The molecule has 2 rings (SSSR count). The second-order valence-corrected chi connectivity index (χ2v) is 7.62. The van der Waals surface area contributed by atoms with Gasteiger partial charge in [0.1, 0.15) is 0 Å². The molecule has 1 aliphatic rings. The van der Waals surface area contributed by atoms with Crippen LogP contribution >= 0.6 is 15.9 Å². The molecule has 2 nitrogen and oxygen atoms in total. The molecular weight excluding hydrogens is 314 g/mol. The van der Waals surface area contributed by atoms with Crippen molar-refractivity contribution in [2.45, 2.75) is 58.3 Å². The van der Waals surface area contributed by atoms with Crippen LogP contribution in [0.2, 0.25) is 0 Å². The molecule has 110 valence electrons. The van der Waals surface area contributed by atoms with Gasteiger partial charge in [-0.05, 0) is 51.9 Å². The van der Waals surface area contributed by atoms with E-state index in [0.717, 1.165) is 23.0 Å². The van der Waals surface area contributed by atoms with Crippen molar-refractivity contribution in [2.24, 2.45) is 5.92 Å². The maximum atomic E-state index is 12.3. The van der Waals surface area contributed by atoms with Gasteiger partial charge in [-0.15, -0.1) is 0 Å². The van der Waals surface area contributed by atoms with E-state index in [-0.39, 0.29) is 17.2 Å². The molecule has 1 aliphatic carbocycles. The summed E-state index contributed by atoms with van der Waals surface area (Å²) in [5, 5.41) is 3.07. The topological polar surface area (TPSA) is 29.1 Å². The van der Waals surface area contributed by atoms with E-state index in [4.69, 9.17) is 0 Å². The normalized spacial score (nSPS) is 17.0. The Labute approximate surface area is 130 Å². The first kappa shape index (κ1) is 15.6. The highest BCUT2D eigenvalue weighted by atomic mass is 79.9. The van der Waals surface area contributed by atoms with Crippen molar-refractivity contribution in [1.29, 1.82) is 0 Å². The van der Waals surface area contributed by atoms with E-state index in [1.165, 1.54) is 24.8 Å². The summed E-state index contributed by atoms with van der Waals surface area (Å²) < 4.78 is 0.967. The minimum absolute atomic E-state index is 0.119. The number of rotatable bonds is 2. The zero-order chi connectivity index (χ0) is 14.8. The second kappa shape index (κ2) is 6.30. The highest BCUT2D eigenvalue weighted by molar-refractivity contribution is 9.10. The number of hydrogen-bond acceptors (Lipinski definition) is 1. The van der Waals surface area contributed by atoms with Gasteiger partial charge in [0.25, 0.3) is 0 Å². The van der Waals surface area contributed by atoms with Crippen molar-refractivity contribution in [3.63, 3.8) is 0 Å². The molecule has 0 spiro atoms. The molecule has 20 heavy (non-hydrogen) atoms. The number of benzene rings is 1. The summed E-state index contributed by atoms with van der Waals surface area (Å²) in [5.41, 5.74) is 2.27. The van der Waals surface area contributed by atoms with Gasteiger partial charge in [0.2, 0.25) is 5.91 Å². The monoisotopic (exact) mass is 337 g/mol. The molecule has 0 aromatic heterocycles. The predicted octanol–water partition coefficient (Wildman–Crippen LogP) is 5.27. The molecule has 1 aromatic rings. The molecule has 0 atom stereocenters. The maximum Gasteiger partial charge on any atom is 0.227 e. The van der Waals surface area contributed by atoms with E-state index in [2.05, 4.69) is 54.2 Å².